The summed E-state index contributed by atoms with van der Waals surface area (Å²) in [4.78, 5) is 23.4. The molecule has 1 N–H and O–H groups in total. The van der Waals surface area contributed by atoms with Gasteiger partial charge in [-0.3, -0.25) is 4.79 Å². The van der Waals surface area contributed by atoms with Crippen molar-refractivity contribution in [3.05, 3.63) is 51.7 Å². The van der Waals surface area contributed by atoms with Crippen LogP contribution in [0.15, 0.2) is 40.6 Å². The number of ether oxygens (including phenoxy) is 1. The van der Waals surface area contributed by atoms with E-state index in [9.17, 15) is 23.1 Å². The van der Waals surface area contributed by atoms with Gasteiger partial charge in [0.1, 0.15) is 0 Å². The molecule has 1 amide bonds. The third kappa shape index (κ3) is 4.53. The molecule has 0 unspecified atom stereocenters. The fraction of sp³-hybridized carbons (Fsp3) is 0.294. The Balaban J connectivity index is 1.63. The van der Waals surface area contributed by atoms with Crippen LogP contribution in [0.4, 0.5) is 0 Å². The Morgan fingerprint density at radius 2 is 1.85 bits per heavy atom. The summed E-state index contributed by atoms with van der Waals surface area (Å²) in [6.07, 6.45) is 0. The molecule has 1 aliphatic heterocycles. The highest BCUT2D eigenvalue weighted by atomic mass is 32.2. The highest BCUT2D eigenvalue weighted by Crippen LogP contribution is 2.23. The highest BCUT2D eigenvalue weighted by Gasteiger charge is 2.28. The number of benzene rings is 1. The fourth-order valence-electron chi connectivity index (χ4n) is 2.54. The van der Waals surface area contributed by atoms with Crippen molar-refractivity contribution in [2.45, 2.75) is 11.4 Å². The zero-order valence-corrected chi connectivity index (χ0v) is 15.8. The number of amides is 1. The molecule has 0 bridgehead atoms. The van der Waals surface area contributed by atoms with Gasteiger partial charge in [0, 0.05) is 25.0 Å². The van der Waals surface area contributed by atoms with E-state index in [1.807, 2.05) is 0 Å². The number of rotatable bonds is 6. The lowest BCUT2D eigenvalue weighted by Gasteiger charge is -2.25. The number of hydrogen-bond donors (Lipinski definition) is 1. The maximum atomic E-state index is 12.6. The minimum atomic E-state index is -3.63. The summed E-state index contributed by atoms with van der Waals surface area (Å²) in [6, 6.07) is 7.32. The van der Waals surface area contributed by atoms with E-state index in [1.165, 1.54) is 27.9 Å². The Kier molecular flexibility index (Phi) is 5.90. The van der Waals surface area contributed by atoms with Crippen molar-refractivity contribution in [1.29, 1.82) is 0 Å². The molecule has 144 valence electrons. The molecular weight excluding hydrogens is 392 g/mol. The second-order valence-electron chi connectivity index (χ2n) is 5.83. The summed E-state index contributed by atoms with van der Waals surface area (Å²) >= 11 is 1.05. The zero-order valence-electron chi connectivity index (χ0n) is 14.2. The molecule has 2 aromatic rings. The molecule has 0 aliphatic carbocycles. The van der Waals surface area contributed by atoms with Crippen molar-refractivity contribution in [2.24, 2.45) is 0 Å². The van der Waals surface area contributed by atoms with Gasteiger partial charge in [0.25, 0.3) is 5.91 Å². The standard InChI is InChI=1S/C17H18N2O6S2/c20-16(18-10-12-1-3-13(4-2-12)17(21)22)15-9-14(11-26-15)27(23,24)19-5-7-25-8-6-19/h1-4,9,11H,5-8,10H2,(H,18,20)(H,21,22)/p-1. The molecular formula is C17H17N2O6S2-. The molecule has 0 spiro atoms. The minimum absolute atomic E-state index is 0.0568. The molecule has 1 aliphatic rings. The molecule has 27 heavy (non-hydrogen) atoms. The van der Waals surface area contributed by atoms with Crippen LogP contribution in [0.2, 0.25) is 0 Å². The summed E-state index contributed by atoms with van der Waals surface area (Å²) < 4.78 is 31.7. The molecule has 1 aromatic carbocycles. The van der Waals surface area contributed by atoms with E-state index in [2.05, 4.69) is 5.32 Å². The lowest BCUT2D eigenvalue weighted by Crippen LogP contribution is -2.40. The Labute approximate surface area is 160 Å². The minimum Gasteiger partial charge on any atom is -0.545 e. The highest BCUT2D eigenvalue weighted by molar-refractivity contribution is 7.89. The molecule has 1 aromatic heterocycles. The van der Waals surface area contributed by atoms with Gasteiger partial charge < -0.3 is 20.0 Å². The molecule has 0 atom stereocenters. The molecule has 8 nitrogen and oxygen atoms in total. The fourth-order valence-corrected chi connectivity index (χ4v) is 5.12. The summed E-state index contributed by atoms with van der Waals surface area (Å²) in [5.74, 6) is -1.66. The quantitative estimate of drug-likeness (QED) is 0.721. The van der Waals surface area contributed by atoms with Gasteiger partial charge in [-0.1, -0.05) is 24.3 Å². The van der Waals surface area contributed by atoms with Gasteiger partial charge in [0.15, 0.2) is 0 Å². The lowest BCUT2D eigenvalue weighted by molar-refractivity contribution is -0.255. The van der Waals surface area contributed by atoms with Crippen LogP contribution in [0, 0.1) is 0 Å². The average Bonchev–Trinajstić information content (AvgIpc) is 3.18. The normalized spacial score (nSPS) is 15.4. The molecule has 2 heterocycles. The summed E-state index contributed by atoms with van der Waals surface area (Å²) in [5, 5.41) is 14.9. The third-order valence-electron chi connectivity index (χ3n) is 4.05. The number of nitrogens with one attached hydrogen (secondary N) is 1. The van der Waals surface area contributed by atoms with Gasteiger partial charge in [-0.25, -0.2) is 8.42 Å². The number of carboxylic acids is 1. The number of hydrogen-bond acceptors (Lipinski definition) is 7. The van der Waals surface area contributed by atoms with E-state index in [1.54, 1.807) is 12.1 Å². The van der Waals surface area contributed by atoms with Crippen LogP contribution in [-0.2, 0) is 21.3 Å². The number of carbonyl (C=O) groups excluding carboxylic acids is 2. The van der Waals surface area contributed by atoms with Crippen LogP contribution in [-0.4, -0.2) is 50.9 Å². The maximum Gasteiger partial charge on any atom is 0.261 e. The van der Waals surface area contributed by atoms with E-state index in [-0.39, 0.29) is 21.9 Å². The Morgan fingerprint density at radius 1 is 1.19 bits per heavy atom. The number of aromatic carboxylic acids is 1. The molecule has 0 radical (unpaired) electrons. The monoisotopic (exact) mass is 409 g/mol. The predicted octanol–water partition coefficient (Wildman–Crippen LogP) is 0.0625. The van der Waals surface area contributed by atoms with E-state index >= 15 is 0 Å². The van der Waals surface area contributed by atoms with E-state index in [0.29, 0.717) is 31.9 Å². The number of morpholine rings is 1. The lowest BCUT2D eigenvalue weighted by atomic mass is 10.1. The van der Waals surface area contributed by atoms with Crippen LogP contribution in [0.5, 0.6) is 0 Å². The Hall–Kier alpha value is -2.27. The van der Waals surface area contributed by atoms with Gasteiger partial charge in [-0.15, -0.1) is 11.3 Å². The van der Waals surface area contributed by atoms with Gasteiger partial charge in [-0.05, 0) is 17.2 Å². The largest absolute Gasteiger partial charge is 0.545 e. The smallest absolute Gasteiger partial charge is 0.261 e. The number of carbonyl (C=O) groups is 2. The second kappa shape index (κ2) is 8.17. The topological polar surface area (TPSA) is 116 Å². The molecule has 1 saturated heterocycles. The number of carboxylic acid groups (broad SMARTS) is 1. The Morgan fingerprint density at radius 3 is 2.48 bits per heavy atom. The van der Waals surface area contributed by atoms with Crippen LogP contribution >= 0.6 is 11.3 Å². The van der Waals surface area contributed by atoms with Crippen molar-refractivity contribution < 1.29 is 27.9 Å². The molecule has 3 rings (SSSR count). The molecule has 0 saturated carbocycles. The number of thiophene rings is 1. The zero-order chi connectivity index (χ0) is 19.4. The van der Waals surface area contributed by atoms with Gasteiger partial charge in [0.05, 0.1) is 29.0 Å². The summed E-state index contributed by atoms with van der Waals surface area (Å²) in [5.41, 5.74) is 0.771. The van der Waals surface area contributed by atoms with E-state index < -0.39 is 21.9 Å². The van der Waals surface area contributed by atoms with Gasteiger partial charge in [0.2, 0.25) is 10.0 Å². The number of sulfonamides is 1. The maximum absolute atomic E-state index is 12.6. The van der Waals surface area contributed by atoms with Crippen molar-refractivity contribution in [3.63, 3.8) is 0 Å². The number of nitrogens with zero attached hydrogens (tertiary/aromatic N) is 1. The first-order valence-electron chi connectivity index (χ1n) is 8.13. The van der Waals surface area contributed by atoms with Crippen molar-refractivity contribution in [3.8, 4) is 0 Å². The van der Waals surface area contributed by atoms with Crippen LogP contribution in [0.1, 0.15) is 25.6 Å². The average molecular weight is 409 g/mol. The third-order valence-corrected chi connectivity index (χ3v) is 7.00. The SMILES string of the molecule is O=C([O-])c1ccc(CNC(=O)c2cc(S(=O)(=O)N3CCOCC3)cs2)cc1. The van der Waals surface area contributed by atoms with Crippen molar-refractivity contribution >= 4 is 33.2 Å². The van der Waals surface area contributed by atoms with Crippen LogP contribution in [0.3, 0.4) is 0 Å². The van der Waals surface area contributed by atoms with Gasteiger partial charge in [-0.2, -0.15) is 4.31 Å². The second-order valence-corrected chi connectivity index (χ2v) is 8.68. The predicted molar refractivity (Wildman–Crippen MR) is 95.8 cm³/mol. The first kappa shape index (κ1) is 19.5. The van der Waals surface area contributed by atoms with Gasteiger partial charge >= 0.3 is 0 Å². The van der Waals surface area contributed by atoms with E-state index in [4.69, 9.17) is 4.74 Å². The first-order chi connectivity index (χ1) is 12.9. The van der Waals surface area contributed by atoms with Crippen molar-refractivity contribution in [1.82, 2.24) is 9.62 Å². The first-order valence-corrected chi connectivity index (χ1v) is 10.4. The summed E-state index contributed by atoms with van der Waals surface area (Å²) in [6.45, 7) is 1.49. The van der Waals surface area contributed by atoms with Crippen molar-refractivity contribution in [2.75, 3.05) is 26.3 Å². The van der Waals surface area contributed by atoms with Crippen LogP contribution in [0.25, 0.3) is 0 Å². The Bertz CT molecular complexity index is 931. The van der Waals surface area contributed by atoms with E-state index in [0.717, 1.165) is 11.3 Å². The van der Waals surface area contributed by atoms with Crippen LogP contribution < -0.4 is 10.4 Å². The molecule has 10 heteroatoms. The summed E-state index contributed by atoms with van der Waals surface area (Å²) in [7, 11) is -3.63. The molecule has 1 fully saturated rings.